The Balaban J connectivity index is 1.60. The minimum absolute atomic E-state index is 0.127. The first kappa shape index (κ1) is 22.2. The quantitative estimate of drug-likeness (QED) is 0.377. The molecule has 0 spiro atoms. The number of amides is 4. The highest BCUT2D eigenvalue weighted by Crippen LogP contribution is 2.35. The lowest BCUT2D eigenvalue weighted by Gasteiger charge is -2.28. The number of carbonyl (C=O) groups excluding carboxylic acids is 4. The van der Waals surface area contributed by atoms with Crippen molar-refractivity contribution in [2.75, 3.05) is 24.6 Å². The van der Waals surface area contributed by atoms with Gasteiger partial charge in [-0.05, 0) is 23.8 Å². The molecule has 0 unspecified atom stereocenters. The molecular formula is C20H19N5O7. The number of carbonyl (C=O) groups is 4. The lowest BCUT2D eigenvalue weighted by atomic mass is 10.1. The Morgan fingerprint density at radius 1 is 1.12 bits per heavy atom. The second-order valence-electron chi connectivity index (χ2n) is 6.80. The Kier molecular flexibility index (Phi) is 6.63. The maximum atomic E-state index is 12.4. The normalized spacial score (nSPS) is 12.4. The molecule has 166 valence electrons. The largest absolute Gasteiger partial charge is 0.482 e. The third kappa shape index (κ3) is 5.36. The van der Waals surface area contributed by atoms with Gasteiger partial charge in [0, 0.05) is 24.2 Å². The molecular weight excluding hydrogens is 422 g/mol. The number of nitro benzene ring substituents is 1. The summed E-state index contributed by atoms with van der Waals surface area (Å²) in [5.74, 6) is -1.83. The van der Waals surface area contributed by atoms with Crippen LogP contribution in [0.5, 0.6) is 5.75 Å². The Morgan fingerprint density at radius 2 is 1.84 bits per heavy atom. The Labute approximate surface area is 181 Å². The molecule has 32 heavy (non-hydrogen) atoms. The van der Waals surface area contributed by atoms with Gasteiger partial charge in [0.2, 0.25) is 11.8 Å². The van der Waals surface area contributed by atoms with E-state index in [9.17, 15) is 29.3 Å². The van der Waals surface area contributed by atoms with Crippen molar-refractivity contribution in [3.05, 3.63) is 63.7 Å². The Morgan fingerprint density at radius 3 is 2.50 bits per heavy atom. The minimum atomic E-state index is -0.659. The van der Waals surface area contributed by atoms with Gasteiger partial charge in [-0.15, -0.1) is 0 Å². The zero-order valence-electron chi connectivity index (χ0n) is 16.7. The second-order valence-corrected chi connectivity index (χ2v) is 6.80. The van der Waals surface area contributed by atoms with Crippen LogP contribution >= 0.6 is 0 Å². The number of anilines is 1. The zero-order chi connectivity index (χ0) is 23.3. The number of nitrogens with two attached hydrogens (primary N) is 1. The summed E-state index contributed by atoms with van der Waals surface area (Å²) in [5.41, 5.74) is 5.91. The molecule has 0 radical (unpaired) electrons. The number of nitro groups is 1. The number of hydrogen-bond acceptors (Lipinski definition) is 7. The maximum Gasteiger partial charge on any atom is 0.271 e. The molecule has 4 amide bonds. The minimum Gasteiger partial charge on any atom is -0.482 e. The number of fused-ring (bicyclic) bond motifs is 1. The van der Waals surface area contributed by atoms with Crippen LogP contribution in [0.15, 0.2) is 42.5 Å². The van der Waals surface area contributed by atoms with Crippen LogP contribution in [0.1, 0.15) is 15.9 Å². The van der Waals surface area contributed by atoms with E-state index in [1.807, 2.05) is 0 Å². The molecule has 1 aliphatic rings. The van der Waals surface area contributed by atoms with E-state index >= 15 is 0 Å². The highest BCUT2D eigenvalue weighted by atomic mass is 16.6. The van der Waals surface area contributed by atoms with Gasteiger partial charge in [0.1, 0.15) is 12.3 Å². The number of primary amides is 1. The standard InChI is InChI=1S/C20H19N5O7/c21-17(26)9-23-20(29)13-3-1-12(2-4-13)8-22-18(27)10-24-15-7-14(25(30)31)5-6-16(15)32-11-19(24)28/h1-7H,8-11H2,(H2,21,26)(H,22,27)(H,23,29). The zero-order valence-corrected chi connectivity index (χ0v) is 16.7. The number of nitrogens with one attached hydrogen (secondary N) is 2. The number of non-ortho nitro benzene ring substituents is 1. The van der Waals surface area contributed by atoms with Crippen LogP contribution in [0.2, 0.25) is 0 Å². The van der Waals surface area contributed by atoms with E-state index in [1.165, 1.54) is 30.3 Å². The van der Waals surface area contributed by atoms with Crippen molar-refractivity contribution in [1.29, 1.82) is 0 Å². The summed E-state index contributed by atoms with van der Waals surface area (Å²) in [7, 11) is 0. The van der Waals surface area contributed by atoms with E-state index in [0.717, 1.165) is 4.90 Å². The lowest BCUT2D eigenvalue weighted by Crippen LogP contribution is -2.45. The van der Waals surface area contributed by atoms with Gasteiger partial charge in [0.25, 0.3) is 17.5 Å². The van der Waals surface area contributed by atoms with E-state index in [1.54, 1.807) is 12.1 Å². The van der Waals surface area contributed by atoms with Crippen LogP contribution in [0, 0.1) is 10.1 Å². The van der Waals surface area contributed by atoms with Gasteiger partial charge in [0.05, 0.1) is 17.2 Å². The summed E-state index contributed by atoms with van der Waals surface area (Å²) in [6.07, 6.45) is 0. The van der Waals surface area contributed by atoms with Gasteiger partial charge in [-0.1, -0.05) is 12.1 Å². The molecule has 12 nitrogen and oxygen atoms in total. The fourth-order valence-electron chi connectivity index (χ4n) is 2.92. The van der Waals surface area contributed by atoms with Gasteiger partial charge in [-0.25, -0.2) is 0 Å². The predicted octanol–water partition coefficient (Wildman–Crippen LogP) is -0.148. The number of benzene rings is 2. The second kappa shape index (κ2) is 9.55. The molecule has 0 saturated heterocycles. The molecule has 1 aliphatic heterocycles. The van der Waals surface area contributed by atoms with Crippen molar-refractivity contribution in [1.82, 2.24) is 10.6 Å². The summed E-state index contributed by atoms with van der Waals surface area (Å²) in [6.45, 7) is -0.771. The fraction of sp³-hybridized carbons (Fsp3) is 0.200. The first-order valence-electron chi connectivity index (χ1n) is 9.38. The third-order valence-electron chi connectivity index (χ3n) is 4.53. The molecule has 0 saturated carbocycles. The molecule has 0 aliphatic carbocycles. The van der Waals surface area contributed by atoms with Crippen LogP contribution in [0.25, 0.3) is 0 Å². The molecule has 0 atom stereocenters. The Hall–Kier alpha value is -4.48. The van der Waals surface area contributed by atoms with Gasteiger partial charge < -0.3 is 21.1 Å². The molecule has 0 bridgehead atoms. The summed E-state index contributed by atoms with van der Waals surface area (Å²) < 4.78 is 5.27. The monoisotopic (exact) mass is 441 g/mol. The van der Waals surface area contributed by atoms with Crippen LogP contribution in [-0.2, 0) is 20.9 Å². The highest BCUT2D eigenvalue weighted by molar-refractivity contribution is 6.02. The summed E-state index contributed by atoms with van der Waals surface area (Å²) >= 11 is 0. The average Bonchev–Trinajstić information content (AvgIpc) is 2.78. The smallest absolute Gasteiger partial charge is 0.271 e. The summed E-state index contributed by atoms with van der Waals surface area (Å²) in [4.78, 5) is 58.8. The molecule has 4 N–H and O–H groups in total. The number of hydrogen-bond donors (Lipinski definition) is 3. The van der Waals surface area contributed by atoms with E-state index in [-0.39, 0.29) is 43.4 Å². The van der Waals surface area contributed by atoms with E-state index in [2.05, 4.69) is 10.6 Å². The summed E-state index contributed by atoms with van der Waals surface area (Å²) in [5, 5.41) is 16.0. The first-order valence-corrected chi connectivity index (χ1v) is 9.38. The number of rotatable bonds is 8. The van der Waals surface area contributed by atoms with Crippen molar-refractivity contribution in [3.8, 4) is 5.75 Å². The van der Waals surface area contributed by atoms with Crippen molar-refractivity contribution < 1.29 is 28.8 Å². The molecule has 0 fully saturated rings. The van der Waals surface area contributed by atoms with Crippen LogP contribution in [0.4, 0.5) is 11.4 Å². The predicted molar refractivity (Wildman–Crippen MR) is 111 cm³/mol. The van der Waals surface area contributed by atoms with Gasteiger partial charge in [-0.2, -0.15) is 0 Å². The van der Waals surface area contributed by atoms with Gasteiger partial charge >= 0.3 is 0 Å². The molecule has 2 aromatic rings. The average molecular weight is 441 g/mol. The van der Waals surface area contributed by atoms with E-state index in [0.29, 0.717) is 11.1 Å². The van der Waals surface area contributed by atoms with Crippen LogP contribution < -0.4 is 26.0 Å². The van der Waals surface area contributed by atoms with Gasteiger partial charge in [-0.3, -0.25) is 34.2 Å². The lowest BCUT2D eigenvalue weighted by molar-refractivity contribution is -0.384. The van der Waals surface area contributed by atoms with Crippen LogP contribution in [0.3, 0.4) is 0 Å². The van der Waals surface area contributed by atoms with Crippen molar-refractivity contribution in [2.24, 2.45) is 5.73 Å². The molecule has 3 rings (SSSR count). The molecule has 2 aromatic carbocycles. The van der Waals surface area contributed by atoms with E-state index < -0.39 is 28.6 Å². The SMILES string of the molecule is NC(=O)CNC(=O)c1ccc(CNC(=O)CN2C(=O)COc3ccc([N+](=O)[O-])cc32)cc1. The van der Waals surface area contributed by atoms with Crippen LogP contribution in [-0.4, -0.2) is 48.2 Å². The fourth-order valence-corrected chi connectivity index (χ4v) is 2.92. The molecule has 1 heterocycles. The summed E-state index contributed by atoms with van der Waals surface area (Å²) in [6, 6.07) is 10.1. The highest BCUT2D eigenvalue weighted by Gasteiger charge is 2.29. The maximum absolute atomic E-state index is 12.4. The van der Waals surface area contributed by atoms with Crippen molar-refractivity contribution in [3.63, 3.8) is 0 Å². The number of ether oxygens (including phenoxy) is 1. The third-order valence-corrected chi connectivity index (χ3v) is 4.53. The molecule has 12 heteroatoms. The first-order chi connectivity index (χ1) is 15.2. The van der Waals surface area contributed by atoms with Crippen molar-refractivity contribution >= 4 is 35.0 Å². The van der Waals surface area contributed by atoms with Crippen molar-refractivity contribution in [2.45, 2.75) is 6.54 Å². The van der Waals surface area contributed by atoms with E-state index in [4.69, 9.17) is 10.5 Å². The molecule has 0 aromatic heterocycles. The Bertz CT molecular complexity index is 1080. The number of nitrogens with zero attached hydrogens (tertiary/aromatic N) is 2. The van der Waals surface area contributed by atoms with Gasteiger partial charge in [0.15, 0.2) is 6.61 Å². The topological polar surface area (TPSA) is 174 Å².